The first-order chi connectivity index (χ1) is 9.93. The first kappa shape index (κ1) is 17.9. The molecule has 2 amide bonds. The number of piperazine rings is 1. The fourth-order valence-electron chi connectivity index (χ4n) is 2.49. The highest BCUT2D eigenvalue weighted by atomic mass is 16.2. The van der Waals surface area contributed by atoms with Crippen LogP contribution in [0.25, 0.3) is 0 Å². The number of carbonyl (C=O) groups excluding carboxylic acids is 2. The lowest BCUT2D eigenvalue weighted by atomic mass is 10.0. The fourth-order valence-corrected chi connectivity index (χ4v) is 2.49. The molecule has 122 valence electrons. The number of hydrogen-bond acceptors (Lipinski definition) is 4. The Balaban J connectivity index is 2.31. The lowest BCUT2D eigenvalue weighted by Crippen LogP contribution is -2.54. The lowest BCUT2D eigenvalue weighted by molar-refractivity contribution is -0.135. The maximum absolute atomic E-state index is 12.2. The Bertz CT molecular complexity index is 339. The van der Waals surface area contributed by atoms with E-state index in [2.05, 4.69) is 24.1 Å². The van der Waals surface area contributed by atoms with Crippen molar-refractivity contribution in [3.63, 3.8) is 0 Å². The molecule has 0 spiro atoms. The molecular formula is C15H30N4O2. The van der Waals surface area contributed by atoms with Gasteiger partial charge in [-0.1, -0.05) is 20.8 Å². The molecule has 1 atom stereocenters. The Kier molecular flexibility index (Phi) is 7.67. The SMILES string of the molecule is CCCNC(=O)CN1CCN(C(=O)[C@H](N)CC(C)C)CC1. The Morgan fingerprint density at radius 2 is 1.81 bits per heavy atom. The lowest BCUT2D eigenvalue weighted by Gasteiger charge is -2.35. The Morgan fingerprint density at radius 1 is 1.19 bits per heavy atom. The van der Waals surface area contributed by atoms with Gasteiger partial charge in [0.15, 0.2) is 0 Å². The molecule has 0 bridgehead atoms. The van der Waals surface area contributed by atoms with E-state index in [1.807, 2.05) is 11.8 Å². The minimum absolute atomic E-state index is 0.0405. The fraction of sp³-hybridized carbons (Fsp3) is 0.867. The maximum atomic E-state index is 12.2. The molecule has 3 N–H and O–H groups in total. The average molecular weight is 298 g/mol. The number of nitrogens with zero attached hydrogens (tertiary/aromatic N) is 2. The molecule has 21 heavy (non-hydrogen) atoms. The number of hydrogen-bond donors (Lipinski definition) is 2. The summed E-state index contributed by atoms with van der Waals surface area (Å²) < 4.78 is 0. The Morgan fingerprint density at radius 3 is 2.33 bits per heavy atom. The summed E-state index contributed by atoms with van der Waals surface area (Å²) >= 11 is 0. The van der Waals surface area contributed by atoms with Crippen LogP contribution in [-0.2, 0) is 9.59 Å². The van der Waals surface area contributed by atoms with Crippen LogP contribution in [0.5, 0.6) is 0 Å². The molecule has 0 aromatic carbocycles. The van der Waals surface area contributed by atoms with Gasteiger partial charge in [0.05, 0.1) is 12.6 Å². The molecule has 1 rings (SSSR count). The van der Waals surface area contributed by atoms with Crippen LogP contribution < -0.4 is 11.1 Å². The zero-order chi connectivity index (χ0) is 15.8. The molecule has 0 saturated carbocycles. The van der Waals surface area contributed by atoms with Gasteiger partial charge in [0.25, 0.3) is 0 Å². The largest absolute Gasteiger partial charge is 0.355 e. The topological polar surface area (TPSA) is 78.7 Å². The number of nitrogens with one attached hydrogen (secondary N) is 1. The monoisotopic (exact) mass is 298 g/mol. The third-order valence-corrected chi connectivity index (χ3v) is 3.67. The molecule has 0 aromatic heterocycles. The molecule has 6 nitrogen and oxygen atoms in total. The standard InChI is InChI=1S/C15H30N4O2/c1-4-5-17-14(20)11-18-6-8-19(9-7-18)15(21)13(16)10-12(2)3/h12-13H,4-11,16H2,1-3H3,(H,17,20)/t13-/m1/s1. The molecule has 0 aromatic rings. The zero-order valence-electron chi connectivity index (χ0n) is 13.6. The van der Waals surface area contributed by atoms with Crippen molar-refractivity contribution in [3.8, 4) is 0 Å². The first-order valence-electron chi connectivity index (χ1n) is 7.97. The Labute approximate surface area is 128 Å². The summed E-state index contributed by atoms with van der Waals surface area (Å²) in [5, 5.41) is 2.87. The molecule has 0 radical (unpaired) electrons. The highest BCUT2D eigenvalue weighted by Gasteiger charge is 2.26. The van der Waals surface area contributed by atoms with Crippen molar-refractivity contribution >= 4 is 11.8 Å². The van der Waals surface area contributed by atoms with Gasteiger partial charge in [0, 0.05) is 32.7 Å². The normalized spacial score (nSPS) is 17.9. The number of rotatable bonds is 7. The first-order valence-corrected chi connectivity index (χ1v) is 7.97. The van der Waals surface area contributed by atoms with Gasteiger partial charge in [-0.25, -0.2) is 0 Å². The second-order valence-corrected chi connectivity index (χ2v) is 6.19. The van der Waals surface area contributed by atoms with Gasteiger partial charge < -0.3 is 16.0 Å². The molecule has 1 aliphatic heterocycles. The quantitative estimate of drug-likeness (QED) is 0.695. The van der Waals surface area contributed by atoms with Gasteiger partial charge in [-0.05, 0) is 18.8 Å². The molecule has 0 unspecified atom stereocenters. The number of amides is 2. The summed E-state index contributed by atoms with van der Waals surface area (Å²) in [7, 11) is 0. The van der Waals surface area contributed by atoms with Crippen molar-refractivity contribution in [1.29, 1.82) is 0 Å². The predicted octanol–water partition coefficient (Wildman–Crippen LogP) is 0.0302. The zero-order valence-corrected chi connectivity index (χ0v) is 13.6. The summed E-state index contributed by atoms with van der Waals surface area (Å²) in [6.07, 6.45) is 1.67. The third-order valence-electron chi connectivity index (χ3n) is 3.67. The maximum Gasteiger partial charge on any atom is 0.239 e. The predicted molar refractivity (Wildman–Crippen MR) is 83.8 cm³/mol. The smallest absolute Gasteiger partial charge is 0.239 e. The minimum Gasteiger partial charge on any atom is -0.355 e. The van der Waals surface area contributed by atoms with Gasteiger partial charge in [-0.3, -0.25) is 14.5 Å². The van der Waals surface area contributed by atoms with Crippen molar-refractivity contribution in [1.82, 2.24) is 15.1 Å². The van der Waals surface area contributed by atoms with Crippen molar-refractivity contribution in [2.75, 3.05) is 39.3 Å². The van der Waals surface area contributed by atoms with E-state index < -0.39 is 6.04 Å². The van der Waals surface area contributed by atoms with E-state index in [-0.39, 0.29) is 11.8 Å². The molecule has 1 saturated heterocycles. The molecular weight excluding hydrogens is 268 g/mol. The van der Waals surface area contributed by atoms with Gasteiger partial charge in [-0.15, -0.1) is 0 Å². The molecule has 6 heteroatoms. The van der Waals surface area contributed by atoms with Crippen molar-refractivity contribution in [2.45, 2.75) is 39.7 Å². The van der Waals surface area contributed by atoms with E-state index in [4.69, 9.17) is 5.73 Å². The van der Waals surface area contributed by atoms with Crippen LogP contribution in [0.4, 0.5) is 0 Å². The van der Waals surface area contributed by atoms with E-state index in [1.165, 1.54) is 0 Å². The van der Waals surface area contributed by atoms with E-state index >= 15 is 0 Å². The summed E-state index contributed by atoms with van der Waals surface area (Å²) in [5.41, 5.74) is 5.95. The minimum atomic E-state index is -0.399. The van der Waals surface area contributed by atoms with Crippen LogP contribution in [0.1, 0.15) is 33.6 Å². The van der Waals surface area contributed by atoms with Crippen LogP contribution in [-0.4, -0.2) is 66.9 Å². The van der Waals surface area contributed by atoms with Gasteiger partial charge in [0.1, 0.15) is 0 Å². The Hall–Kier alpha value is -1.14. The van der Waals surface area contributed by atoms with Crippen molar-refractivity contribution in [3.05, 3.63) is 0 Å². The molecule has 1 aliphatic rings. The van der Waals surface area contributed by atoms with Crippen molar-refractivity contribution < 1.29 is 9.59 Å². The number of nitrogens with two attached hydrogens (primary N) is 1. The molecule has 0 aliphatic carbocycles. The third kappa shape index (κ3) is 6.44. The summed E-state index contributed by atoms with van der Waals surface area (Å²) in [6.45, 7) is 10.1. The van der Waals surface area contributed by atoms with Crippen LogP contribution in [0.3, 0.4) is 0 Å². The second-order valence-electron chi connectivity index (χ2n) is 6.19. The second kappa shape index (κ2) is 9.00. The van der Waals surface area contributed by atoms with E-state index in [9.17, 15) is 9.59 Å². The van der Waals surface area contributed by atoms with E-state index in [0.717, 1.165) is 32.5 Å². The van der Waals surface area contributed by atoms with Crippen molar-refractivity contribution in [2.24, 2.45) is 11.7 Å². The van der Waals surface area contributed by atoms with E-state index in [1.54, 1.807) is 0 Å². The van der Waals surface area contributed by atoms with E-state index in [0.29, 0.717) is 25.6 Å². The van der Waals surface area contributed by atoms with Crippen LogP contribution in [0.2, 0.25) is 0 Å². The summed E-state index contributed by atoms with van der Waals surface area (Å²) in [5.74, 6) is 0.527. The van der Waals surface area contributed by atoms with Crippen LogP contribution >= 0.6 is 0 Å². The average Bonchev–Trinajstić information content (AvgIpc) is 2.44. The molecule has 1 fully saturated rings. The van der Waals surface area contributed by atoms with Crippen LogP contribution in [0.15, 0.2) is 0 Å². The van der Waals surface area contributed by atoms with Gasteiger partial charge in [0.2, 0.25) is 11.8 Å². The van der Waals surface area contributed by atoms with Gasteiger partial charge >= 0.3 is 0 Å². The highest BCUT2D eigenvalue weighted by Crippen LogP contribution is 2.08. The van der Waals surface area contributed by atoms with Gasteiger partial charge in [-0.2, -0.15) is 0 Å². The van der Waals surface area contributed by atoms with Crippen LogP contribution in [0, 0.1) is 5.92 Å². The number of carbonyl (C=O) groups is 2. The molecule has 1 heterocycles. The highest BCUT2D eigenvalue weighted by molar-refractivity contribution is 5.82. The summed E-state index contributed by atoms with van der Waals surface area (Å²) in [4.78, 5) is 27.8. The summed E-state index contributed by atoms with van der Waals surface area (Å²) in [6, 6.07) is -0.399.